The number of hydrogen-bond acceptors (Lipinski definition) is 5. The molecule has 3 heterocycles. The van der Waals surface area contributed by atoms with E-state index in [1.165, 1.54) is 15.9 Å². The zero-order valence-electron chi connectivity index (χ0n) is 18.2. The topological polar surface area (TPSA) is 108 Å². The van der Waals surface area contributed by atoms with Crippen LogP contribution < -0.4 is 5.32 Å². The fraction of sp³-hybridized carbons (Fsp3) is 0.391. The first-order chi connectivity index (χ1) is 15.3. The maximum atomic E-state index is 13.1. The summed E-state index contributed by atoms with van der Waals surface area (Å²) < 4.78 is 33.1. The molecule has 1 aromatic carbocycles. The van der Waals surface area contributed by atoms with Crippen molar-refractivity contribution in [2.24, 2.45) is 5.92 Å². The van der Waals surface area contributed by atoms with E-state index in [1.807, 2.05) is 12.1 Å². The summed E-state index contributed by atoms with van der Waals surface area (Å²) in [5.74, 6) is 0.334. The molecule has 0 bridgehead atoms. The molecule has 1 atom stereocenters. The minimum atomic E-state index is -3.83. The van der Waals surface area contributed by atoms with E-state index in [2.05, 4.69) is 41.5 Å². The first-order valence-corrected chi connectivity index (χ1v) is 12.2. The zero-order valence-corrected chi connectivity index (χ0v) is 19.1. The van der Waals surface area contributed by atoms with Gasteiger partial charge in [-0.1, -0.05) is 38.1 Å². The van der Waals surface area contributed by atoms with Crippen LogP contribution in [-0.4, -0.2) is 41.9 Å². The number of aromatic nitrogens is 2. The minimum absolute atomic E-state index is 0.129. The van der Waals surface area contributed by atoms with Gasteiger partial charge < -0.3 is 9.73 Å². The second kappa shape index (κ2) is 9.30. The molecule has 1 aliphatic rings. The van der Waals surface area contributed by atoms with E-state index in [4.69, 9.17) is 4.42 Å². The maximum Gasteiger partial charge on any atom is 0.276 e. The molecule has 8 nitrogen and oxygen atoms in total. The van der Waals surface area contributed by atoms with Crippen molar-refractivity contribution in [1.29, 1.82) is 0 Å². The van der Waals surface area contributed by atoms with Crippen molar-refractivity contribution in [3.8, 4) is 11.5 Å². The molecule has 1 aliphatic heterocycles. The fourth-order valence-electron chi connectivity index (χ4n) is 3.85. The lowest BCUT2D eigenvalue weighted by molar-refractivity contribution is -0.126. The molecule has 1 saturated heterocycles. The van der Waals surface area contributed by atoms with Crippen molar-refractivity contribution in [2.45, 2.75) is 44.2 Å². The number of amides is 1. The normalized spacial score (nSPS) is 17.5. The Morgan fingerprint density at radius 3 is 2.69 bits per heavy atom. The Bertz CT molecular complexity index is 1150. The Labute approximate surface area is 188 Å². The highest BCUT2D eigenvalue weighted by Gasteiger charge is 2.35. The van der Waals surface area contributed by atoms with Crippen LogP contribution in [0.4, 0.5) is 0 Å². The summed E-state index contributed by atoms with van der Waals surface area (Å²) in [6.45, 7) is 5.20. The molecule has 3 aromatic rings. The third-order valence-corrected chi connectivity index (χ3v) is 7.55. The summed E-state index contributed by atoms with van der Waals surface area (Å²) >= 11 is 0. The summed E-state index contributed by atoms with van der Waals surface area (Å²) in [6.07, 6.45) is 2.84. The lowest BCUT2D eigenvalue weighted by Gasteiger charge is -2.30. The number of piperidine rings is 1. The van der Waals surface area contributed by atoms with Gasteiger partial charge in [0.2, 0.25) is 11.0 Å². The van der Waals surface area contributed by atoms with Crippen LogP contribution in [0.1, 0.15) is 43.7 Å². The molecule has 0 unspecified atom stereocenters. The van der Waals surface area contributed by atoms with E-state index >= 15 is 0 Å². The summed E-state index contributed by atoms with van der Waals surface area (Å²) in [4.78, 5) is 12.7. The van der Waals surface area contributed by atoms with E-state index in [-0.39, 0.29) is 17.5 Å². The fourth-order valence-corrected chi connectivity index (χ4v) is 5.29. The maximum absolute atomic E-state index is 13.1. The number of hydrogen-bond donors (Lipinski definition) is 2. The lowest BCUT2D eigenvalue weighted by Crippen LogP contribution is -2.45. The van der Waals surface area contributed by atoms with E-state index < -0.39 is 15.9 Å². The molecule has 170 valence electrons. The predicted octanol–water partition coefficient (Wildman–Crippen LogP) is 3.51. The molecule has 2 aromatic heterocycles. The SMILES string of the molecule is CC(C)c1ccc(CNC(=O)[C@H]2CCCN(S(=O)(=O)c3ccc(-c4ccn[nH]4)o3)C2)cc1. The highest BCUT2D eigenvalue weighted by atomic mass is 32.2. The smallest absolute Gasteiger partial charge is 0.276 e. The Morgan fingerprint density at radius 1 is 1.22 bits per heavy atom. The Balaban J connectivity index is 1.38. The van der Waals surface area contributed by atoms with Crippen molar-refractivity contribution in [2.75, 3.05) is 13.1 Å². The van der Waals surface area contributed by atoms with Crippen LogP contribution in [0.2, 0.25) is 0 Å². The van der Waals surface area contributed by atoms with Gasteiger partial charge in [-0.25, -0.2) is 8.42 Å². The summed E-state index contributed by atoms with van der Waals surface area (Å²) in [5, 5.41) is 9.43. The number of rotatable bonds is 7. The quantitative estimate of drug-likeness (QED) is 0.566. The van der Waals surface area contributed by atoms with E-state index in [0.29, 0.717) is 43.3 Å². The molecule has 0 saturated carbocycles. The zero-order chi connectivity index (χ0) is 22.7. The molecule has 9 heteroatoms. The average molecular weight is 457 g/mol. The van der Waals surface area contributed by atoms with Gasteiger partial charge in [-0.2, -0.15) is 9.40 Å². The van der Waals surface area contributed by atoms with E-state index in [1.54, 1.807) is 18.3 Å². The molecular weight excluding hydrogens is 428 g/mol. The van der Waals surface area contributed by atoms with Crippen LogP contribution in [0.3, 0.4) is 0 Å². The van der Waals surface area contributed by atoms with Crippen LogP contribution in [0, 0.1) is 5.92 Å². The highest BCUT2D eigenvalue weighted by Crippen LogP contribution is 2.28. The second-order valence-electron chi connectivity index (χ2n) is 8.41. The summed E-state index contributed by atoms with van der Waals surface area (Å²) in [7, 11) is -3.83. The van der Waals surface area contributed by atoms with Crippen LogP contribution >= 0.6 is 0 Å². The van der Waals surface area contributed by atoms with Crippen LogP contribution in [-0.2, 0) is 21.4 Å². The number of furan rings is 1. The number of benzene rings is 1. The molecule has 32 heavy (non-hydrogen) atoms. The van der Waals surface area contributed by atoms with Gasteiger partial charge in [-0.15, -0.1) is 0 Å². The number of carbonyl (C=O) groups excluding carboxylic acids is 1. The van der Waals surface area contributed by atoms with Gasteiger partial charge in [0.25, 0.3) is 10.0 Å². The van der Waals surface area contributed by atoms with Crippen molar-refractivity contribution >= 4 is 15.9 Å². The lowest BCUT2D eigenvalue weighted by atomic mass is 9.98. The number of nitrogens with one attached hydrogen (secondary N) is 2. The van der Waals surface area contributed by atoms with Crippen molar-refractivity contribution in [3.63, 3.8) is 0 Å². The predicted molar refractivity (Wildman–Crippen MR) is 120 cm³/mol. The van der Waals surface area contributed by atoms with Crippen molar-refractivity contribution in [3.05, 3.63) is 59.8 Å². The van der Waals surface area contributed by atoms with Crippen LogP contribution in [0.25, 0.3) is 11.5 Å². The van der Waals surface area contributed by atoms with Gasteiger partial charge in [-0.3, -0.25) is 9.89 Å². The molecule has 0 spiro atoms. The second-order valence-corrected chi connectivity index (χ2v) is 10.3. The molecular formula is C23H28N4O4S. The third kappa shape index (κ3) is 4.78. The van der Waals surface area contributed by atoms with E-state index in [9.17, 15) is 13.2 Å². The summed E-state index contributed by atoms with van der Waals surface area (Å²) in [5.41, 5.74) is 2.87. The Hall–Kier alpha value is -2.91. The number of sulfonamides is 1. The molecule has 1 fully saturated rings. The number of nitrogens with zero attached hydrogens (tertiary/aromatic N) is 2. The first-order valence-electron chi connectivity index (χ1n) is 10.8. The largest absolute Gasteiger partial charge is 0.442 e. The van der Waals surface area contributed by atoms with Crippen LogP contribution in [0.15, 0.2) is 58.2 Å². The van der Waals surface area contributed by atoms with E-state index in [0.717, 1.165) is 5.56 Å². The number of H-pyrrole nitrogens is 1. The van der Waals surface area contributed by atoms with Gasteiger partial charge >= 0.3 is 0 Å². The van der Waals surface area contributed by atoms with Crippen molar-refractivity contribution in [1.82, 2.24) is 19.8 Å². The van der Waals surface area contributed by atoms with Gasteiger partial charge in [-0.05, 0) is 48.1 Å². The van der Waals surface area contributed by atoms with Gasteiger partial charge in [0.1, 0.15) is 5.69 Å². The standard InChI is InChI=1S/C23H28N4O4S/c1-16(2)18-7-5-17(6-8-18)14-24-23(28)19-4-3-13-27(15-19)32(29,30)22-10-9-21(31-22)20-11-12-25-26-20/h5-12,16,19H,3-4,13-15H2,1-2H3,(H,24,28)(H,25,26)/t19-/m0/s1. The molecule has 4 rings (SSSR count). The minimum Gasteiger partial charge on any atom is -0.442 e. The number of carbonyl (C=O) groups is 1. The third-order valence-electron chi connectivity index (χ3n) is 5.81. The average Bonchev–Trinajstić information content (AvgIpc) is 3.50. The molecule has 0 radical (unpaired) electrons. The molecule has 1 amide bonds. The Morgan fingerprint density at radius 2 is 2.00 bits per heavy atom. The number of aromatic amines is 1. The van der Waals surface area contributed by atoms with Gasteiger partial charge in [0, 0.05) is 25.8 Å². The Kier molecular flexibility index (Phi) is 6.48. The monoisotopic (exact) mass is 456 g/mol. The highest BCUT2D eigenvalue weighted by molar-refractivity contribution is 7.89. The van der Waals surface area contributed by atoms with Crippen molar-refractivity contribution < 1.29 is 17.6 Å². The van der Waals surface area contributed by atoms with Crippen LogP contribution in [0.5, 0.6) is 0 Å². The molecule has 0 aliphatic carbocycles. The summed E-state index contributed by atoms with van der Waals surface area (Å²) in [6, 6.07) is 12.9. The van der Waals surface area contributed by atoms with Gasteiger partial charge in [0.05, 0.1) is 5.92 Å². The first kappa shape index (κ1) is 22.3. The molecule has 2 N–H and O–H groups in total. The van der Waals surface area contributed by atoms with Gasteiger partial charge in [0.15, 0.2) is 5.76 Å².